The van der Waals surface area contributed by atoms with Crippen molar-refractivity contribution in [1.82, 2.24) is 4.98 Å². The van der Waals surface area contributed by atoms with Gasteiger partial charge in [-0.05, 0) is 0 Å². The van der Waals surface area contributed by atoms with Gasteiger partial charge in [-0.25, -0.2) is 18.2 Å². The third-order valence-corrected chi connectivity index (χ3v) is 1.66. The van der Waals surface area contributed by atoms with Crippen molar-refractivity contribution >= 4 is 11.6 Å². The second-order valence-corrected chi connectivity index (χ2v) is 2.53. The smallest absolute Gasteiger partial charge is 0.280 e. The molecule has 2 nitrogen and oxygen atoms in total. The van der Waals surface area contributed by atoms with E-state index in [0.717, 1.165) is 0 Å². The summed E-state index contributed by atoms with van der Waals surface area (Å²) in [5.41, 5.74) is -0.696. The normalized spacial score (nSPS) is 10.6. The number of aromatic nitrogens is 1. The first-order valence-corrected chi connectivity index (χ1v) is 3.62. The minimum Gasteiger partial charge on any atom is -0.480 e. The van der Waals surface area contributed by atoms with Crippen molar-refractivity contribution in [2.75, 3.05) is 7.11 Å². The molecule has 0 spiro atoms. The van der Waals surface area contributed by atoms with E-state index in [0.29, 0.717) is 6.07 Å². The Kier molecular flexibility index (Phi) is 2.98. The van der Waals surface area contributed by atoms with Gasteiger partial charge in [-0.1, -0.05) is 11.6 Å². The van der Waals surface area contributed by atoms with E-state index in [2.05, 4.69) is 9.72 Å². The molecule has 0 amide bonds. The molecule has 0 radical (unpaired) electrons. The van der Waals surface area contributed by atoms with Crippen molar-refractivity contribution in [3.8, 4) is 5.88 Å². The molecule has 6 heteroatoms. The van der Waals surface area contributed by atoms with Gasteiger partial charge < -0.3 is 4.74 Å². The zero-order valence-corrected chi connectivity index (χ0v) is 7.28. The maximum absolute atomic E-state index is 12.8. The first kappa shape index (κ1) is 10.1. The molecule has 1 aromatic heterocycles. The lowest BCUT2D eigenvalue weighted by Crippen LogP contribution is -1.97. The van der Waals surface area contributed by atoms with Crippen LogP contribution in [0.3, 0.4) is 0 Å². The van der Waals surface area contributed by atoms with Gasteiger partial charge in [0.25, 0.3) is 6.43 Å². The number of hydrogen-bond acceptors (Lipinski definition) is 2. The van der Waals surface area contributed by atoms with Crippen molar-refractivity contribution in [2.24, 2.45) is 0 Å². The van der Waals surface area contributed by atoms with E-state index in [4.69, 9.17) is 11.6 Å². The second-order valence-electron chi connectivity index (χ2n) is 2.15. The highest BCUT2D eigenvalue weighted by atomic mass is 35.5. The molecule has 13 heavy (non-hydrogen) atoms. The first-order valence-electron chi connectivity index (χ1n) is 3.24. The van der Waals surface area contributed by atoms with Crippen LogP contribution in [-0.2, 0) is 0 Å². The van der Waals surface area contributed by atoms with E-state index in [-0.39, 0.29) is 5.88 Å². The Hall–Kier alpha value is -0.970. The largest absolute Gasteiger partial charge is 0.480 e. The molecule has 0 atom stereocenters. The van der Waals surface area contributed by atoms with E-state index >= 15 is 0 Å². The van der Waals surface area contributed by atoms with Crippen LogP contribution >= 0.6 is 11.6 Å². The molecule has 1 rings (SSSR count). The van der Waals surface area contributed by atoms with Crippen LogP contribution in [-0.4, -0.2) is 12.1 Å². The van der Waals surface area contributed by atoms with Crippen LogP contribution in [0.5, 0.6) is 5.88 Å². The Morgan fingerprint density at radius 2 is 2.15 bits per heavy atom. The summed E-state index contributed by atoms with van der Waals surface area (Å²) in [7, 11) is 1.17. The lowest BCUT2D eigenvalue weighted by atomic mass is 10.3. The zero-order valence-electron chi connectivity index (χ0n) is 6.52. The lowest BCUT2D eigenvalue weighted by molar-refractivity contribution is 0.144. The van der Waals surface area contributed by atoms with Gasteiger partial charge in [0.15, 0.2) is 0 Å². The van der Waals surface area contributed by atoms with Crippen LogP contribution in [0.15, 0.2) is 6.07 Å². The summed E-state index contributed by atoms with van der Waals surface area (Å²) in [6.07, 6.45) is -2.85. The summed E-state index contributed by atoms with van der Waals surface area (Å²) in [6, 6.07) is 0.579. The third kappa shape index (κ3) is 2.03. The maximum atomic E-state index is 12.8. The summed E-state index contributed by atoms with van der Waals surface area (Å²) >= 11 is 5.36. The molecule has 0 saturated heterocycles. The molecule has 0 aliphatic rings. The van der Waals surface area contributed by atoms with Crippen LogP contribution in [0.2, 0.25) is 5.02 Å². The molecular weight excluding hydrogens is 207 g/mol. The molecule has 1 aromatic rings. The van der Waals surface area contributed by atoms with Gasteiger partial charge in [0.2, 0.25) is 5.88 Å². The van der Waals surface area contributed by atoms with Gasteiger partial charge in [-0.2, -0.15) is 0 Å². The van der Waals surface area contributed by atoms with Crippen molar-refractivity contribution in [3.05, 3.63) is 22.6 Å². The minimum absolute atomic E-state index is 0.336. The fourth-order valence-electron chi connectivity index (χ4n) is 0.741. The Bertz CT molecular complexity index is 319. The van der Waals surface area contributed by atoms with E-state index in [9.17, 15) is 13.2 Å². The predicted molar refractivity (Wildman–Crippen MR) is 40.7 cm³/mol. The second kappa shape index (κ2) is 3.83. The summed E-state index contributed by atoms with van der Waals surface area (Å²) in [5.74, 6) is -1.30. The van der Waals surface area contributed by atoms with E-state index in [1.807, 2.05) is 0 Å². The number of halogens is 4. The molecule has 1 heterocycles. The number of pyridine rings is 1. The standard InChI is InChI=1S/C7H5ClF3NO/c1-13-7-5(8)3(9)2-4(12-7)6(10)11/h2,6H,1H3. The highest BCUT2D eigenvalue weighted by Crippen LogP contribution is 2.28. The van der Waals surface area contributed by atoms with Crippen molar-refractivity contribution < 1.29 is 17.9 Å². The lowest BCUT2D eigenvalue weighted by Gasteiger charge is -2.05. The molecule has 72 valence electrons. The fraction of sp³-hybridized carbons (Fsp3) is 0.286. The molecule has 0 unspecified atom stereocenters. The van der Waals surface area contributed by atoms with Crippen LogP contribution in [0.1, 0.15) is 12.1 Å². The van der Waals surface area contributed by atoms with Crippen molar-refractivity contribution in [3.63, 3.8) is 0 Å². The molecule has 0 aromatic carbocycles. The van der Waals surface area contributed by atoms with E-state index < -0.39 is 23.0 Å². The van der Waals surface area contributed by atoms with Gasteiger partial charge in [-0.15, -0.1) is 0 Å². The van der Waals surface area contributed by atoms with Crippen LogP contribution in [0.25, 0.3) is 0 Å². The number of methoxy groups -OCH3 is 1. The molecule has 0 fully saturated rings. The quantitative estimate of drug-likeness (QED) is 0.751. The van der Waals surface area contributed by atoms with Gasteiger partial charge in [-0.3, -0.25) is 0 Å². The number of hydrogen-bond donors (Lipinski definition) is 0. The SMILES string of the molecule is COc1nc(C(F)F)cc(F)c1Cl. The molecule has 0 bridgehead atoms. The van der Waals surface area contributed by atoms with Crippen molar-refractivity contribution in [1.29, 1.82) is 0 Å². The van der Waals surface area contributed by atoms with E-state index in [1.165, 1.54) is 7.11 Å². The van der Waals surface area contributed by atoms with Gasteiger partial charge in [0.1, 0.15) is 16.5 Å². The zero-order chi connectivity index (χ0) is 10.0. The highest BCUT2D eigenvalue weighted by molar-refractivity contribution is 6.31. The number of rotatable bonds is 2. The monoisotopic (exact) mass is 211 g/mol. The predicted octanol–water partition coefficient (Wildman–Crippen LogP) is 2.82. The average molecular weight is 212 g/mol. The summed E-state index contributed by atoms with van der Waals surface area (Å²) in [6.45, 7) is 0. The van der Waals surface area contributed by atoms with Gasteiger partial charge in [0, 0.05) is 6.07 Å². The van der Waals surface area contributed by atoms with Crippen LogP contribution < -0.4 is 4.74 Å². The number of alkyl halides is 2. The highest BCUT2D eigenvalue weighted by Gasteiger charge is 2.16. The maximum Gasteiger partial charge on any atom is 0.280 e. The Balaban J connectivity index is 3.22. The molecule has 0 saturated carbocycles. The molecule has 0 aliphatic heterocycles. The number of nitrogens with zero attached hydrogens (tertiary/aromatic N) is 1. The van der Waals surface area contributed by atoms with Gasteiger partial charge >= 0.3 is 0 Å². The Labute approximate surface area is 77.3 Å². The first-order chi connectivity index (χ1) is 6.06. The molecule has 0 N–H and O–H groups in total. The van der Waals surface area contributed by atoms with Crippen LogP contribution in [0.4, 0.5) is 13.2 Å². The topological polar surface area (TPSA) is 22.1 Å². The van der Waals surface area contributed by atoms with Gasteiger partial charge in [0.05, 0.1) is 7.11 Å². The third-order valence-electron chi connectivity index (χ3n) is 1.32. The minimum atomic E-state index is -2.85. The molecule has 0 aliphatic carbocycles. The fourth-order valence-corrected chi connectivity index (χ4v) is 0.915. The summed E-state index contributed by atoms with van der Waals surface area (Å²) in [5, 5.41) is -0.396. The summed E-state index contributed by atoms with van der Waals surface area (Å²) in [4.78, 5) is 3.31. The average Bonchev–Trinajstić information content (AvgIpc) is 2.09. The van der Waals surface area contributed by atoms with E-state index in [1.54, 1.807) is 0 Å². The number of ether oxygens (including phenoxy) is 1. The molecular formula is C7H5ClF3NO. The van der Waals surface area contributed by atoms with Crippen LogP contribution in [0, 0.1) is 5.82 Å². The van der Waals surface area contributed by atoms with Crippen molar-refractivity contribution in [2.45, 2.75) is 6.43 Å². The Morgan fingerprint density at radius 3 is 2.62 bits per heavy atom. The Morgan fingerprint density at radius 1 is 1.54 bits per heavy atom. The summed E-state index contributed by atoms with van der Waals surface area (Å²) < 4.78 is 41.4.